The number of thiophene rings is 1. The first-order valence-corrected chi connectivity index (χ1v) is 15.5. The van der Waals surface area contributed by atoms with Gasteiger partial charge in [0.15, 0.2) is 5.79 Å². The van der Waals surface area contributed by atoms with Crippen LogP contribution in [-0.2, 0) is 14.3 Å². The van der Waals surface area contributed by atoms with Crippen LogP contribution in [0.2, 0.25) is 0 Å². The minimum atomic E-state index is -0.892. The number of benzene rings is 1. The lowest BCUT2D eigenvalue weighted by molar-refractivity contribution is -0.322. The van der Waals surface area contributed by atoms with Gasteiger partial charge in [-0.3, -0.25) is 4.79 Å². The number of ether oxygens (including phenoxy) is 2. The lowest BCUT2D eigenvalue weighted by Gasteiger charge is -2.56. The van der Waals surface area contributed by atoms with Gasteiger partial charge in [0.05, 0.1) is 18.8 Å². The fourth-order valence-corrected chi connectivity index (χ4v) is 9.33. The Morgan fingerprint density at radius 2 is 1.71 bits per heavy atom. The first-order valence-electron chi connectivity index (χ1n) is 14.5. The van der Waals surface area contributed by atoms with Crippen LogP contribution in [0, 0.1) is 22.7 Å². The maximum Gasteiger partial charge on any atom is 0.171 e. The summed E-state index contributed by atoms with van der Waals surface area (Å²) in [6.07, 6.45) is 6.34. The van der Waals surface area contributed by atoms with Crippen LogP contribution in [0.5, 0.6) is 0 Å². The zero-order chi connectivity index (χ0) is 26.3. The molecule has 4 aliphatic carbocycles. The van der Waals surface area contributed by atoms with E-state index < -0.39 is 11.4 Å². The second-order valence-electron chi connectivity index (χ2n) is 13.8. The predicted molar refractivity (Wildman–Crippen MR) is 150 cm³/mol. The highest BCUT2D eigenvalue weighted by atomic mass is 32.1. The van der Waals surface area contributed by atoms with Crippen molar-refractivity contribution in [2.45, 2.75) is 89.4 Å². The van der Waals surface area contributed by atoms with Gasteiger partial charge in [0.1, 0.15) is 5.78 Å². The summed E-state index contributed by atoms with van der Waals surface area (Å²) < 4.78 is 12.8. The largest absolute Gasteiger partial charge is 0.385 e. The van der Waals surface area contributed by atoms with E-state index in [0.29, 0.717) is 43.7 Å². The van der Waals surface area contributed by atoms with Crippen molar-refractivity contribution < 1.29 is 19.4 Å². The quantitative estimate of drug-likeness (QED) is 0.413. The zero-order valence-electron chi connectivity index (χ0n) is 22.9. The minimum absolute atomic E-state index is 0.00733. The van der Waals surface area contributed by atoms with Crippen molar-refractivity contribution in [1.82, 2.24) is 0 Å². The molecular weight excluding hydrogens is 492 g/mol. The molecule has 4 nitrogen and oxygen atoms in total. The fraction of sp³-hybridized carbons (Fsp3) is 0.606. The number of rotatable bonds is 2. The molecule has 0 radical (unpaired) electrons. The Balaban J connectivity index is 1.29. The predicted octanol–water partition coefficient (Wildman–Crippen LogP) is 7.28. The van der Waals surface area contributed by atoms with E-state index in [-0.39, 0.29) is 16.7 Å². The molecule has 7 rings (SSSR count). The number of Topliss-reactive ketones (excluding diaryl/α,β-unsaturated/α-hetero) is 1. The first-order chi connectivity index (χ1) is 18.1. The third kappa shape index (κ3) is 3.83. The molecule has 5 heteroatoms. The highest BCUT2D eigenvalue weighted by Crippen LogP contribution is 2.64. The normalized spacial score (nSPS) is 37.6. The summed E-state index contributed by atoms with van der Waals surface area (Å²) in [4.78, 5) is 13.3. The molecule has 4 fully saturated rings. The van der Waals surface area contributed by atoms with Gasteiger partial charge in [-0.2, -0.15) is 11.3 Å². The Bertz CT molecular complexity index is 1260. The van der Waals surface area contributed by atoms with E-state index in [1.165, 1.54) is 27.8 Å². The van der Waals surface area contributed by atoms with Crippen molar-refractivity contribution in [3.05, 3.63) is 57.8 Å². The van der Waals surface area contributed by atoms with Crippen LogP contribution in [0.25, 0.3) is 11.1 Å². The van der Waals surface area contributed by atoms with Crippen LogP contribution >= 0.6 is 11.3 Å². The number of hydrogen-bond donors (Lipinski definition) is 1. The molecule has 1 spiro atoms. The molecule has 0 unspecified atom stereocenters. The molecule has 0 amide bonds. The number of carbonyl (C=O) groups excluding carboxylic acids is 1. The van der Waals surface area contributed by atoms with Crippen molar-refractivity contribution in [2.24, 2.45) is 22.7 Å². The van der Waals surface area contributed by atoms with E-state index in [1.807, 2.05) is 0 Å². The number of hydrogen-bond acceptors (Lipinski definition) is 5. The Morgan fingerprint density at radius 3 is 2.42 bits per heavy atom. The summed E-state index contributed by atoms with van der Waals surface area (Å²) in [5, 5.41) is 16.6. The van der Waals surface area contributed by atoms with Gasteiger partial charge in [-0.05, 0) is 83.0 Å². The van der Waals surface area contributed by atoms with Gasteiger partial charge >= 0.3 is 0 Å². The van der Waals surface area contributed by atoms with E-state index in [9.17, 15) is 9.90 Å². The van der Waals surface area contributed by atoms with Crippen LogP contribution in [0.15, 0.2) is 52.2 Å². The highest BCUT2D eigenvalue weighted by molar-refractivity contribution is 7.08. The van der Waals surface area contributed by atoms with E-state index in [4.69, 9.17) is 9.47 Å². The number of ketones is 1. The van der Waals surface area contributed by atoms with Crippen LogP contribution in [0.1, 0.15) is 83.6 Å². The van der Waals surface area contributed by atoms with Gasteiger partial charge in [0.25, 0.3) is 0 Å². The summed E-state index contributed by atoms with van der Waals surface area (Å²) in [6, 6.07) is 11.2. The van der Waals surface area contributed by atoms with Gasteiger partial charge in [-0.15, -0.1) is 0 Å². The molecule has 1 aromatic heterocycles. The number of fused-ring (bicyclic) bond motifs is 4. The molecule has 5 aliphatic rings. The van der Waals surface area contributed by atoms with E-state index in [1.54, 1.807) is 11.3 Å². The van der Waals surface area contributed by atoms with E-state index in [0.717, 1.165) is 38.5 Å². The van der Waals surface area contributed by atoms with Gasteiger partial charge in [-0.1, -0.05) is 50.6 Å². The maximum atomic E-state index is 13.3. The Labute approximate surface area is 230 Å². The molecule has 1 aliphatic heterocycles. The van der Waals surface area contributed by atoms with Gasteiger partial charge in [-0.25, -0.2) is 0 Å². The van der Waals surface area contributed by atoms with Gasteiger partial charge in [0, 0.05) is 36.0 Å². The smallest absolute Gasteiger partial charge is 0.171 e. The van der Waals surface area contributed by atoms with Crippen LogP contribution in [-0.4, -0.2) is 35.5 Å². The Hall–Kier alpha value is -1.79. The molecule has 2 heterocycles. The number of aliphatic hydroxyl groups is 1. The summed E-state index contributed by atoms with van der Waals surface area (Å²) >= 11 is 1.72. The summed E-state index contributed by atoms with van der Waals surface area (Å²) in [5.74, 6) is 0.704. The molecule has 1 saturated heterocycles. The lowest BCUT2D eigenvalue weighted by Crippen LogP contribution is -2.57. The SMILES string of the molecule is CC1(C)COC2(CCC3=C4[C@@H](CC[C@@]3(O)C2)[C@@H]2CCC(=O)[C@@]2(C)C[C@@H]4c2ccc(-c3ccsc3)cc2)OC1. The van der Waals surface area contributed by atoms with E-state index in [2.05, 4.69) is 61.9 Å². The molecule has 3 saturated carbocycles. The minimum Gasteiger partial charge on any atom is -0.385 e. The van der Waals surface area contributed by atoms with Crippen molar-refractivity contribution in [3.8, 4) is 11.1 Å². The second kappa shape index (κ2) is 8.60. The molecule has 0 bridgehead atoms. The molecule has 5 atom stereocenters. The number of carbonyl (C=O) groups is 1. The van der Waals surface area contributed by atoms with Crippen molar-refractivity contribution in [2.75, 3.05) is 13.2 Å². The standard InChI is InChI=1S/C33H40O4S/c1-30(2)19-36-33(37-20-30)14-11-27-29-24(10-13-32(27,35)18-33)26-8-9-28(34)31(26,3)16-25(29)22-6-4-21(5-7-22)23-12-15-38-17-23/h4-7,12,15,17,24-26,35H,8-11,13-14,16,18-20H2,1-3H3/t24-,25+,26-,31-,32+/m0/s1. The first kappa shape index (κ1) is 25.2. The molecule has 1 N–H and O–H groups in total. The Kier molecular flexibility index (Phi) is 5.70. The van der Waals surface area contributed by atoms with Gasteiger partial charge in [0.2, 0.25) is 0 Å². The summed E-state index contributed by atoms with van der Waals surface area (Å²) in [7, 11) is 0. The van der Waals surface area contributed by atoms with Crippen LogP contribution in [0.3, 0.4) is 0 Å². The molecule has 2 aromatic rings. The second-order valence-corrected chi connectivity index (χ2v) is 14.6. The highest BCUT2D eigenvalue weighted by Gasteiger charge is 2.60. The molecule has 38 heavy (non-hydrogen) atoms. The van der Waals surface area contributed by atoms with Gasteiger partial charge < -0.3 is 14.6 Å². The van der Waals surface area contributed by atoms with Crippen LogP contribution in [0.4, 0.5) is 0 Å². The van der Waals surface area contributed by atoms with Crippen molar-refractivity contribution in [3.63, 3.8) is 0 Å². The molecular formula is C33H40O4S. The van der Waals surface area contributed by atoms with E-state index >= 15 is 0 Å². The van der Waals surface area contributed by atoms with Crippen LogP contribution < -0.4 is 0 Å². The zero-order valence-corrected chi connectivity index (χ0v) is 23.7. The van der Waals surface area contributed by atoms with Crippen molar-refractivity contribution >= 4 is 17.1 Å². The summed E-state index contributed by atoms with van der Waals surface area (Å²) in [6.45, 7) is 7.92. The number of allylic oxidation sites excluding steroid dienone is 1. The van der Waals surface area contributed by atoms with Crippen molar-refractivity contribution in [1.29, 1.82) is 0 Å². The fourth-order valence-electron chi connectivity index (χ4n) is 8.66. The molecule has 1 aromatic carbocycles. The topological polar surface area (TPSA) is 55.8 Å². The maximum absolute atomic E-state index is 13.3. The summed E-state index contributed by atoms with van der Waals surface area (Å²) in [5.41, 5.74) is 5.31. The average Bonchev–Trinajstić information content (AvgIpc) is 3.54. The third-order valence-electron chi connectivity index (χ3n) is 10.7. The Morgan fingerprint density at radius 1 is 0.947 bits per heavy atom. The average molecular weight is 533 g/mol. The molecule has 202 valence electrons. The third-order valence-corrected chi connectivity index (χ3v) is 11.4. The lowest BCUT2D eigenvalue weighted by atomic mass is 9.51. The monoisotopic (exact) mass is 532 g/mol.